The number of nitrogens with one attached hydrogen (secondary N) is 1. The van der Waals surface area contributed by atoms with E-state index in [2.05, 4.69) is 5.32 Å². The molecule has 1 saturated heterocycles. The van der Waals surface area contributed by atoms with Gasteiger partial charge in [0.25, 0.3) is 17.1 Å². The molecular weight excluding hydrogens is 396 g/mol. The third-order valence-electron chi connectivity index (χ3n) is 4.36. The number of nitrogens with zero attached hydrogens (tertiary/aromatic N) is 1. The Kier molecular flexibility index (Phi) is 5.06. The number of aryl methyl sites for hydroxylation is 1. The van der Waals surface area contributed by atoms with E-state index in [4.69, 9.17) is 4.42 Å². The number of para-hydroxylation sites is 1. The van der Waals surface area contributed by atoms with Gasteiger partial charge in [0.05, 0.1) is 4.91 Å². The molecule has 4 rings (SSSR count). The first-order valence-electron chi connectivity index (χ1n) is 8.60. The van der Waals surface area contributed by atoms with Crippen molar-refractivity contribution in [2.24, 2.45) is 0 Å². The second-order valence-electron chi connectivity index (χ2n) is 6.16. The molecule has 0 unspecified atom stereocenters. The molecule has 3 heterocycles. The van der Waals surface area contributed by atoms with E-state index in [1.807, 2.05) is 42.6 Å². The number of carbonyl (C=O) groups is 3. The smallest absolute Gasteiger partial charge is 0.293 e. The number of imide groups is 1. The highest BCUT2D eigenvalue weighted by atomic mass is 32.2. The van der Waals surface area contributed by atoms with Crippen molar-refractivity contribution in [3.05, 3.63) is 62.9 Å². The van der Waals surface area contributed by atoms with E-state index >= 15 is 0 Å². The standard InChI is InChI=1S/C20H16N2O4S2/c1-12-14-6-2-3-7-15(14)26-17(12)18(23)21-8-9-22-19(24)16(28-20(22)25)11-13-5-4-10-27-13/h2-7,10-11H,8-9H2,1H3,(H,21,23). The summed E-state index contributed by atoms with van der Waals surface area (Å²) in [7, 11) is 0. The third-order valence-corrected chi connectivity index (χ3v) is 6.09. The van der Waals surface area contributed by atoms with Gasteiger partial charge in [-0.1, -0.05) is 24.3 Å². The Morgan fingerprint density at radius 1 is 1.21 bits per heavy atom. The molecule has 0 aliphatic carbocycles. The van der Waals surface area contributed by atoms with Crippen molar-refractivity contribution in [3.63, 3.8) is 0 Å². The number of rotatable bonds is 5. The van der Waals surface area contributed by atoms with Crippen molar-refractivity contribution in [1.29, 1.82) is 0 Å². The van der Waals surface area contributed by atoms with Crippen molar-refractivity contribution in [1.82, 2.24) is 10.2 Å². The quantitative estimate of drug-likeness (QED) is 0.633. The summed E-state index contributed by atoms with van der Waals surface area (Å²) in [5, 5.41) is 5.19. The highest BCUT2D eigenvalue weighted by Crippen LogP contribution is 2.32. The highest BCUT2D eigenvalue weighted by Gasteiger charge is 2.34. The maximum absolute atomic E-state index is 12.4. The summed E-state index contributed by atoms with van der Waals surface area (Å²) >= 11 is 2.41. The van der Waals surface area contributed by atoms with Crippen LogP contribution < -0.4 is 5.32 Å². The van der Waals surface area contributed by atoms with E-state index in [9.17, 15) is 14.4 Å². The van der Waals surface area contributed by atoms with Gasteiger partial charge in [0.2, 0.25) is 0 Å². The molecule has 3 aromatic rings. The normalized spacial score (nSPS) is 15.8. The van der Waals surface area contributed by atoms with Crippen molar-refractivity contribution >= 4 is 57.2 Å². The Labute approximate surface area is 169 Å². The largest absolute Gasteiger partial charge is 0.451 e. The number of furan rings is 1. The summed E-state index contributed by atoms with van der Waals surface area (Å²) in [6, 6.07) is 11.2. The van der Waals surface area contributed by atoms with Gasteiger partial charge >= 0.3 is 0 Å². The summed E-state index contributed by atoms with van der Waals surface area (Å²) in [6.07, 6.45) is 1.71. The minimum absolute atomic E-state index is 0.109. The van der Waals surface area contributed by atoms with Crippen LogP contribution in [-0.2, 0) is 4.79 Å². The summed E-state index contributed by atoms with van der Waals surface area (Å²) in [5.74, 6) is -0.458. The van der Waals surface area contributed by atoms with Crippen LogP contribution in [0, 0.1) is 6.92 Å². The molecule has 0 radical (unpaired) electrons. The van der Waals surface area contributed by atoms with Crippen molar-refractivity contribution in [2.75, 3.05) is 13.1 Å². The lowest BCUT2D eigenvalue weighted by atomic mass is 10.1. The lowest BCUT2D eigenvalue weighted by Crippen LogP contribution is -2.37. The van der Waals surface area contributed by atoms with Gasteiger partial charge in [-0.2, -0.15) is 0 Å². The first kappa shape index (κ1) is 18.5. The molecule has 8 heteroatoms. The first-order valence-corrected chi connectivity index (χ1v) is 10.3. The average molecular weight is 412 g/mol. The van der Waals surface area contributed by atoms with Gasteiger partial charge in [-0.05, 0) is 42.3 Å². The first-order chi connectivity index (χ1) is 13.5. The topological polar surface area (TPSA) is 79.6 Å². The highest BCUT2D eigenvalue weighted by molar-refractivity contribution is 8.18. The number of thioether (sulfide) groups is 1. The summed E-state index contributed by atoms with van der Waals surface area (Å²) in [4.78, 5) is 39.5. The zero-order valence-electron chi connectivity index (χ0n) is 14.9. The average Bonchev–Trinajstić information content (AvgIpc) is 3.38. The Bertz CT molecular complexity index is 1100. The van der Waals surface area contributed by atoms with Gasteiger partial charge in [0.1, 0.15) is 5.58 Å². The summed E-state index contributed by atoms with van der Waals surface area (Å²) in [5.41, 5.74) is 1.41. The molecule has 1 N–H and O–H groups in total. The van der Waals surface area contributed by atoms with Gasteiger partial charge in [-0.3, -0.25) is 19.3 Å². The van der Waals surface area contributed by atoms with Crippen LogP contribution in [0.4, 0.5) is 4.79 Å². The van der Waals surface area contributed by atoms with E-state index in [1.165, 1.54) is 11.3 Å². The fourth-order valence-electron chi connectivity index (χ4n) is 2.95. The minimum Gasteiger partial charge on any atom is -0.451 e. The second kappa shape index (κ2) is 7.65. The molecule has 1 aliphatic rings. The molecule has 3 amide bonds. The Balaban J connectivity index is 1.39. The molecule has 28 heavy (non-hydrogen) atoms. The number of hydrogen-bond donors (Lipinski definition) is 1. The van der Waals surface area contributed by atoms with Crippen LogP contribution in [0.2, 0.25) is 0 Å². The molecule has 1 aliphatic heterocycles. The number of hydrogen-bond acceptors (Lipinski definition) is 6. The molecule has 6 nitrogen and oxygen atoms in total. The molecule has 0 bridgehead atoms. The number of benzene rings is 1. The van der Waals surface area contributed by atoms with Gasteiger partial charge in [-0.25, -0.2) is 0 Å². The van der Waals surface area contributed by atoms with Crippen LogP contribution in [0.3, 0.4) is 0 Å². The Hall–Kier alpha value is -2.84. The SMILES string of the molecule is Cc1c(C(=O)NCCN2C(=O)SC(=Cc3cccs3)C2=O)oc2ccccc12. The van der Waals surface area contributed by atoms with E-state index in [0.717, 1.165) is 32.5 Å². The van der Waals surface area contributed by atoms with Gasteiger partial charge in [0.15, 0.2) is 5.76 Å². The van der Waals surface area contributed by atoms with Gasteiger partial charge in [-0.15, -0.1) is 11.3 Å². The maximum atomic E-state index is 12.4. The van der Waals surface area contributed by atoms with Gasteiger partial charge in [0, 0.05) is 28.9 Å². The van der Waals surface area contributed by atoms with Crippen molar-refractivity contribution in [2.45, 2.75) is 6.92 Å². The Morgan fingerprint density at radius 3 is 2.79 bits per heavy atom. The van der Waals surface area contributed by atoms with Gasteiger partial charge < -0.3 is 9.73 Å². The Morgan fingerprint density at radius 2 is 2.04 bits per heavy atom. The minimum atomic E-state index is -0.366. The molecule has 0 spiro atoms. The van der Waals surface area contributed by atoms with Crippen LogP contribution >= 0.6 is 23.1 Å². The van der Waals surface area contributed by atoms with Crippen LogP contribution in [-0.4, -0.2) is 35.0 Å². The van der Waals surface area contributed by atoms with Crippen molar-refractivity contribution in [3.8, 4) is 0 Å². The van der Waals surface area contributed by atoms with Crippen LogP contribution in [0.5, 0.6) is 0 Å². The van der Waals surface area contributed by atoms with E-state index in [1.54, 1.807) is 12.1 Å². The van der Waals surface area contributed by atoms with E-state index < -0.39 is 0 Å². The monoisotopic (exact) mass is 412 g/mol. The molecule has 1 aromatic carbocycles. The lowest BCUT2D eigenvalue weighted by Gasteiger charge is -2.12. The number of thiophene rings is 1. The molecule has 0 atom stereocenters. The molecule has 0 saturated carbocycles. The van der Waals surface area contributed by atoms with Crippen molar-refractivity contribution < 1.29 is 18.8 Å². The molecular formula is C20H16N2O4S2. The predicted octanol–water partition coefficient (Wildman–Crippen LogP) is 4.27. The third kappa shape index (κ3) is 3.48. The predicted molar refractivity (Wildman–Crippen MR) is 110 cm³/mol. The van der Waals surface area contributed by atoms with Crippen LogP contribution in [0.1, 0.15) is 21.0 Å². The zero-order valence-corrected chi connectivity index (χ0v) is 16.6. The fraction of sp³-hybridized carbons (Fsp3) is 0.150. The van der Waals surface area contributed by atoms with E-state index in [-0.39, 0.29) is 35.9 Å². The number of carbonyl (C=O) groups excluding carboxylic acids is 3. The molecule has 142 valence electrons. The summed E-state index contributed by atoms with van der Waals surface area (Å²) in [6.45, 7) is 2.09. The molecule has 1 fully saturated rings. The second-order valence-corrected chi connectivity index (χ2v) is 8.13. The van der Waals surface area contributed by atoms with Crippen LogP contribution in [0.25, 0.3) is 17.0 Å². The summed E-state index contributed by atoms with van der Waals surface area (Å²) < 4.78 is 5.63. The zero-order chi connectivity index (χ0) is 19.7. The van der Waals surface area contributed by atoms with Crippen LogP contribution in [0.15, 0.2) is 51.1 Å². The van der Waals surface area contributed by atoms with E-state index in [0.29, 0.717) is 10.5 Å². The number of amides is 3. The lowest BCUT2D eigenvalue weighted by molar-refractivity contribution is -0.122. The fourth-order valence-corrected chi connectivity index (χ4v) is 4.54. The molecule has 2 aromatic heterocycles. The maximum Gasteiger partial charge on any atom is 0.293 e. The number of fused-ring (bicyclic) bond motifs is 1.